The standard InChI is InChI=1S/C16H23F3N2O2/c1-14(2,3)23-13(22)21-10-6-7-11(15(4,5)9-20)12(8-10)16(17,18)19/h6-8H,9,20H2,1-5H3,(H,21,22). The Morgan fingerprint density at radius 2 is 1.70 bits per heavy atom. The highest BCUT2D eigenvalue weighted by Crippen LogP contribution is 2.38. The van der Waals surface area contributed by atoms with E-state index in [0.717, 1.165) is 6.07 Å². The minimum absolute atomic E-state index is 0.0168. The number of anilines is 1. The first-order valence-electron chi connectivity index (χ1n) is 7.18. The van der Waals surface area contributed by atoms with Gasteiger partial charge in [0.1, 0.15) is 5.60 Å². The van der Waals surface area contributed by atoms with Crippen molar-refractivity contribution in [3.8, 4) is 0 Å². The van der Waals surface area contributed by atoms with E-state index in [-0.39, 0.29) is 17.8 Å². The van der Waals surface area contributed by atoms with E-state index < -0.39 is 28.8 Å². The van der Waals surface area contributed by atoms with E-state index in [4.69, 9.17) is 10.5 Å². The summed E-state index contributed by atoms with van der Waals surface area (Å²) in [5, 5.41) is 2.32. The Bertz CT molecular complexity index is 576. The van der Waals surface area contributed by atoms with Crippen molar-refractivity contribution in [3.05, 3.63) is 29.3 Å². The lowest BCUT2D eigenvalue weighted by Crippen LogP contribution is -2.31. The molecule has 3 N–H and O–H groups in total. The highest BCUT2D eigenvalue weighted by atomic mass is 19.4. The fraction of sp³-hybridized carbons (Fsp3) is 0.562. The second-order valence-electron chi connectivity index (χ2n) is 6.97. The van der Waals surface area contributed by atoms with E-state index in [1.165, 1.54) is 12.1 Å². The Morgan fingerprint density at radius 1 is 1.13 bits per heavy atom. The fourth-order valence-corrected chi connectivity index (χ4v) is 1.98. The lowest BCUT2D eigenvalue weighted by atomic mass is 9.81. The van der Waals surface area contributed by atoms with Crippen molar-refractivity contribution >= 4 is 11.8 Å². The first-order valence-corrected chi connectivity index (χ1v) is 7.18. The van der Waals surface area contributed by atoms with Crippen LogP contribution in [0.4, 0.5) is 23.7 Å². The van der Waals surface area contributed by atoms with Crippen molar-refractivity contribution in [2.24, 2.45) is 5.73 Å². The Morgan fingerprint density at radius 3 is 2.13 bits per heavy atom. The maximum atomic E-state index is 13.3. The van der Waals surface area contributed by atoms with Crippen molar-refractivity contribution in [3.63, 3.8) is 0 Å². The number of rotatable bonds is 3. The van der Waals surface area contributed by atoms with E-state index in [0.29, 0.717) is 0 Å². The molecule has 0 saturated heterocycles. The molecule has 1 amide bonds. The van der Waals surface area contributed by atoms with Crippen LogP contribution < -0.4 is 11.1 Å². The number of carbonyl (C=O) groups excluding carboxylic acids is 1. The minimum atomic E-state index is -4.55. The molecular weight excluding hydrogens is 309 g/mol. The van der Waals surface area contributed by atoms with Crippen LogP contribution in [0.25, 0.3) is 0 Å². The van der Waals surface area contributed by atoms with Gasteiger partial charge in [0.15, 0.2) is 0 Å². The number of ether oxygens (including phenoxy) is 1. The molecule has 0 aromatic heterocycles. The molecule has 0 radical (unpaired) electrons. The third-order valence-electron chi connectivity index (χ3n) is 3.21. The zero-order chi connectivity index (χ0) is 18.1. The summed E-state index contributed by atoms with van der Waals surface area (Å²) in [6.45, 7) is 8.34. The van der Waals surface area contributed by atoms with Crippen LogP contribution >= 0.6 is 0 Å². The number of carbonyl (C=O) groups is 1. The van der Waals surface area contributed by atoms with Gasteiger partial charge in [-0.15, -0.1) is 0 Å². The maximum Gasteiger partial charge on any atom is 0.416 e. The van der Waals surface area contributed by atoms with Crippen LogP contribution in [0.2, 0.25) is 0 Å². The second kappa shape index (κ2) is 6.39. The summed E-state index contributed by atoms with van der Waals surface area (Å²) in [4.78, 5) is 11.7. The largest absolute Gasteiger partial charge is 0.444 e. The van der Waals surface area contributed by atoms with Gasteiger partial charge < -0.3 is 10.5 Å². The molecule has 0 aliphatic heterocycles. The number of benzene rings is 1. The first-order chi connectivity index (χ1) is 10.3. The Balaban J connectivity index is 3.18. The molecule has 1 aromatic rings. The number of amides is 1. The van der Waals surface area contributed by atoms with Crippen LogP contribution in [-0.2, 0) is 16.3 Å². The predicted octanol–water partition coefficient (Wildman–Crippen LogP) is 4.29. The number of nitrogens with one attached hydrogen (secondary N) is 1. The van der Waals surface area contributed by atoms with E-state index >= 15 is 0 Å². The van der Waals surface area contributed by atoms with Gasteiger partial charge in [-0.1, -0.05) is 19.9 Å². The summed E-state index contributed by atoms with van der Waals surface area (Å²) in [6, 6.07) is 3.64. The molecule has 0 aliphatic rings. The van der Waals surface area contributed by atoms with Crippen LogP contribution in [0.5, 0.6) is 0 Å². The second-order valence-corrected chi connectivity index (χ2v) is 6.97. The third kappa shape index (κ3) is 5.42. The minimum Gasteiger partial charge on any atom is -0.444 e. The monoisotopic (exact) mass is 332 g/mol. The van der Waals surface area contributed by atoms with Crippen LogP contribution in [0, 0.1) is 0 Å². The average molecular weight is 332 g/mol. The molecule has 23 heavy (non-hydrogen) atoms. The van der Waals surface area contributed by atoms with Gasteiger partial charge in [0.05, 0.1) is 5.56 Å². The van der Waals surface area contributed by atoms with Crippen LogP contribution in [0.15, 0.2) is 18.2 Å². The van der Waals surface area contributed by atoms with Gasteiger partial charge in [-0.05, 0) is 38.5 Å². The third-order valence-corrected chi connectivity index (χ3v) is 3.21. The number of hydrogen-bond donors (Lipinski definition) is 2. The van der Waals surface area contributed by atoms with Crippen molar-refractivity contribution in [1.29, 1.82) is 0 Å². The van der Waals surface area contributed by atoms with Crippen LogP contribution in [0.3, 0.4) is 0 Å². The van der Waals surface area contributed by atoms with Crippen molar-refractivity contribution in [1.82, 2.24) is 0 Å². The molecule has 0 atom stereocenters. The molecule has 0 heterocycles. The van der Waals surface area contributed by atoms with Gasteiger partial charge in [0.25, 0.3) is 0 Å². The van der Waals surface area contributed by atoms with Crippen LogP contribution in [-0.4, -0.2) is 18.2 Å². The van der Waals surface area contributed by atoms with E-state index in [1.807, 2.05) is 0 Å². The molecule has 0 fully saturated rings. The number of halogens is 3. The average Bonchev–Trinajstić information content (AvgIpc) is 2.35. The molecule has 0 aliphatic carbocycles. The van der Waals surface area contributed by atoms with E-state index in [2.05, 4.69) is 5.32 Å². The molecule has 4 nitrogen and oxygen atoms in total. The van der Waals surface area contributed by atoms with Gasteiger partial charge in [-0.25, -0.2) is 4.79 Å². The zero-order valence-electron chi connectivity index (χ0n) is 14.0. The smallest absolute Gasteiger partial charge is 0.416 e. The molecule has 7 heteroatoms. The van der Waals surface area contributed by atoms with Crippen LogP contribution in [0.1, 0.15) is 45.7 Å². The quantitative estimate of drug-likeness (QED) is 0.868. The summed E-state index contributed by atoms with van der Waals surface area (Å²) in [5.74, 6) is 0. The lowest BCUT2D eigenvalue weighted by Gasteiger charge is -2.27. The molecule has 130 valence electrons. The van der Waals surface area contributed by atoms with Gasteiger partial charge in [-0.3, -0.25) is 5.32 Å². The molecular formula is C16H23F3N2O2. The molecule has 0 bridgehead atoms. The van der Waals surface area contributed by atoms with E-state index in [9.17, 15) is 18.0 Å². The highest BCUT2D eigenvalue weighted by molar-refractivity contribution is 5.85. The van der Waals surface area contributed by atoms with Gasteiger partial charge in [-0.2, -0.15) is 13.2 Å². The Hall–Kier alpha value is -1.76. The number of alkyl halides is 3. The predicted molar refractivity (Wildman–Crippen MR) is 83.4 cm³/mol. The normalized spacial score (nSPS) is 12.9. The Labute approximate surface area is 134 Å². The summed E-state index contributed by atoms with van der Waals surface area (Å²) in [7, 11) is 0. The summed E-state index contributed by atoms with van der Waals surface area (Å²) in [5.41, 5.74) is 3.29. The zero-order valence-corrected chi connectivity index (χ0v) is 14.0. The SMILES string of the molecule is CC(C)(C)OC(=O)Nc1ccc(C(C)(C)CN)c(C(F)(F)F)c1. The first kappa shape index (κ1) is 19.3. The van der Waals surface area contributed by atoms with Crippen molar-refractivity contribution in [2.75, 3.05) is 11.9 Å². The summed E-state index contributed by atoms with van der Waals surface area (Å²) < 4.78 is 45.0. The summed E-state index contributed by atoms with van der Waals surface area (Å²) in [6.07, 6.45) is -5.36. The molecule has 0 saturated carbocycles. The maximum absolute atomic E-state index is 13.3. The lowest BCUT2D eigenvalue weighted by molar-refractivity contribution is -0.138. The summed E-state index contributed by atoms with van der Waals surface area (Å²) >= 11 is 0. The topological polar surface area (TPSA) is 64.3 Å². The van der Waals surface area contributed by atoms with Gasteiger partial charge in [0.2, 0.25) is 0 Å². The molecule has 0 unspecified atom stereocenters. The fourth-order valence-electron chi connectivity index (χ4n) is 1.98. The molecule has 1 rings (SSSR count). The molecule has 1 aromatic carbocycles. The molecule has 0 spiro atoms. The number of nitrogens with two attached hydrogens (primary N) is 1. The van der Waals surface area contributed by atoms with Gasteiger partial charge in [0, 0.05) is 17.6 Å². The van der Waals surface area contributed by atoms with Gasteiger partial charge >= 0.3 is 12.3 Å². The highest BCUT2D eigenvalue weighted by Gasteiger charge is 2.37. The number of hydrogen-bond acceptors (Lipinski definition) is 3. The van der Waals surface area contributed by atoms with E-state index in [1.54, 1.807) is 34.6 Å². The Kier molecular flexibility index (Phi) is 5.36. The van der Waals surface area contributed by atoms with Crippen molar-refractivity contribution in [2.45, 2.75) is 51.8 Å². The van der Waals surface area contributed by atoms with Crippen molar-refractivity contribution < 1.29 is 22.7 Å².